The number of carbonyl (C=O) groups is 1. The molecule has 0 radical (unpaired) electrons. The Kier molecular flexibility index (Phi) is 4.92. The lowest BCUT2D eigenvalue weighted by atomic mass is 9.77. The predicted octanol–water partition coefficient (Wildman–Crippen LogP) is 1.02. The van der Waals surface area contributed by atoms with Crippen LogP contribution in [0.25, 0.3) is 0 Å². The number of ether oxygens (including phenoxy) is 2. The largest absolute Gasteiger partial charge is 0.492 e. The molecule has 0 saturated heterocycles. The van der Waals surface area contributed by atoms with Gasteiger partial charge in [-0.3, -0.25) is 10.0 Å². The molecule has 2 N–H and O–H groups in total. The van der Waals surface area contributed by atoms with E-state index in [1.165, 1.54) is 6.20 Å². The Balaban J connectivity index is 1.87. The van der Waals surface area contributed by atoms with Crippen molar-refractivity contribution >= 4 is 18.6 Å². The Morgan fingerprint density at radius 3 is 2.92 bits per heavy atom. The van der Waals surface area contributed by atoms with Gasteiger partial charge in [-0.05, 0) is 48.6 Å². The highest BCUT2D eigenvalue weighted by Gasteiger charge is 2.38. The van der Waals surface area contributed by atoms with Gasteiger partial charge in [0.15, 0.2) is 0 Å². The zero-order chi connectivity index (χ0) is 18.0. The first-order chi connectivity index (χ1) is 12.0. The molecular formula is C17H19BNO6+. The van der Waals surface area contributed by atoms with Crippen molar-refractivity contribution < 1.29 is 33.9 Å². The average Bonchev–Trinajstić information content (AvgIpc) is 2.86. The Hall–Kier alpha value is -2.58. The highest BCUT2D eigenvalue weighted by atomic mass is 16.6. The Morgan fingerprint density at radius 2 is 2.20 bits per heavy atom. The van der Waals surface area contributed by atoms with Crippen molar-refractivity contribution in [2.45, 2.75) is 26.4 Å². The van der Waals surface area contributed by atoms with Gasteiger partial charge in [0, 0.05) is 10.8 Å². The maximum atomic E-state index is 11.7. The lowest BCUT2D eigenvalue weighted by Crippen LogP contribution is -2.31. The van der Waals surface area contributed by atoms with Crippen LogP contribution < -0.4 is 14.9 Å². The number of hydrogen-bond donors (Lipinski definition) is 2. The molecular weight excluding hydrogens is 325 g/mol. The zero-order valence-electron chi connectivity index (χ0n) is 14.0. The second kappa shape index (κ2) is 7.12. The number of carbonyl (C=O) groups excluding carboxylic acids is 1. The van der Waals surface area contributed by atoms with Gasteiger partial charge >= 0.3 is 19.0 Å². The monoisotopic (exact) mass is 344 g/mol. The van der Waals surface area contributed by atoms with Crippen molar-refractivity contribution in [1.82, 2.24) is 0 Å². The molecule has 1 aromatic heterocycles. The number of pyridine rings is 1. The SMILES string of the molecule is CCOC(=O)CC1OB(O)c2cc(Oc3cccc[n+]3O)cc(C)c21. The normalized spacial score (nSPS) is 15.8. The average molecular weight is 344 g/mol. The molecule has 0 bridgehead atoms. The number of hydrogen-bond acceptors (Lipinski definition) is 6. The molecule has 0 fully saturated rings. The molecule has 1 aliphatic rings. The maximum absolute atomic E-state index is 11.7. The van der Waals surface area contributed by atoms with Crippen LogP contribution in [-0.4, -0.2) is 29.9 Å². The molecule has 2 heterocycles. The molecule has 25 heavy (non-hydrogen) atoms. The van der Waals surface area contributed by atoms with E-state index in [-0.39, 0.29) is 18.3 Å². The smallest absolute Gasteiger partial charge is 0.466 e. The van der Waals surface area contributed by atoms with Crippen molar-refractivity contribution in [3.8, 4) is 11.6 Å². The van der Waals surface area contributed by atoms with Crippen LogP contribution in [0.15, 0.2) is 36.5 Å². The molecule has 8 heteroatoms. The van der Waals surface area contributed by atoms with Gasteiger partial charge in [-0.15, -0.1) is 0 Å². The van der Waals surface area contributed by atoms with Crippen LogP contribution >= 0.6 is 0 Å². The number of aryl methyl sites for hydroxylation is 1. The summed E-state index contributed by atoms with van der Waals surface area (Å²) in [4.78, 5) is 11.7. The molecule has 2 aromatic rings. The Morgan fingerprint density at radius 1 is 1.40 bits per heavy atom. The predicted molar refractivity (Wildman–Crippen MR) is 87.8 cm³/mol. The second-order valence-corrected chi connectivity index (χ2v) is 5.71. The van der Waals surface area contributed by atoms with Gasteiger partial charge in [-0.2, -0.15) is 0 Å². The molecule has 7 nitrogen and oxygen atoms in total. The molecule has 1 aliphatic heterocycles. The second-order valence-electron chi connectivity index (χ2n) is 5.71. The third-order valence-corrected chi connectivity index (χ3v) is 3.96. The fourth-order valence-electron chi connectivity index (χ4n) is 2.93. The first-order valence-corrected chi connectivity index (χ1v) is 8.01. The van der Waals surface area contributed by atoms with Gasteiger partial charge in [0.1, 0.15) is 5.75 Å². The van der Waals surface area contributed by atoms with E-state index < -0.39 is 13.2 Å². The summed E-state index contributed by atoms with van der Waals surface area (Å²) in [6, 6.07) is 8.42. The van der Waals surface area contributed by atoms with E-state index in [1.54, 1.807) is 37.3 Å². The Bertz CT molecular complexity index is 797. The van der Waals surface area contributed by atoms with Crippen LogP contribution in [0.1, 0.15) is 30.6 Å². The molecule has 1 aromatic carbocycles. The minimum Gasteiger partial charge on any atom is -0.466 e. The molecule has 1 atom stereocenters. The standard InChI is InChI=1S/C17H19BNO6/c1-3-23-16(20)10-14-17-11(2)8-12(9-13(17)18(21)25-14)24-15-6-4-5-7-19(15)22/h4-9,14,21-22H,3,10H2,1-2H3/q+1. The highest BCUT2D eigenvalue weighted by Crippen LogP contribution is 2.32. The number of rotatable bonds is 5. The maximum Gasteiger partial charge on any atom is 0.492 e. The highest BCUT2D eigenvalue weighted by molar-refractivity contribution is 6.62. The van der Waals surface area contributed by atoms with E-state index in [2.05, 4.69) is 0 Å². The number of benzene rings is 1. The number of aromatic nitrogens is 1. The number of fused-ring (bicyclic) bond motifs is 1. The van der Waals surface area contributed by atoms with Gasteiger partial charge in [0.2, 0.25) is 6.20 Å². The fourth-order valence-corrected chi connectivity index (χ4v) is 2.93. The summed E-state index contributed by atoms with van der Waals surface area (Å²) in [7, 11) is -1.14. The van der Waals surface area contributed by atoms with Crippen LogP contribution in [0.2, 0.25) is 0 Å². The van der Waals surface area contributed by atoms with E-state index in [4.69, 9.17) is 14.1 Å². The van der Waals surface area contributed by atoms with Gasteiger partial charge < -0.3 is 19.2 Å². The van der Waals surface area contributed by atoms with Crippen molar-refractivity contribution in [3.05, 3.63) is 47.7 Å². The van der Waals surface area contributed by atoms with E-state index in [0.717, 1.165) is 15.9 Å². The molecule has 3 rings (SSSR count). The lowest BCUT2D eigenvalue weighted by molar-refractivity contribution is -0.905. The minimum atomic E-state index is -1.14. The van der Waals surface area contributed by atoms with Crippen molar-refractivity contribution in [1.29, 1.82) is 0 Å². The van der Waals surface area contributed by atoms with Crippen molar-refractivity contribution in [2.24, 2.45) is 0 Å². The first kappa shape index (κ1) is 17.3. The lowest BCUT2D eigenvalue weighted by Gasteiger charge is -2.14. The summed E-state index contributed by atoms with van der Waals surface area (Å²) < 4.78 is 17.0. The minimum absolute atomic E-state index is 0.0360. The van der Waals surface area contributed by atoms with Gasteiger partial charge in [-0.1, -0.05) is 0 Å². The van der Waals surface area contributed by atoms with E-state index in [1.807, 2.05) is 6.92 Å². The van der Waals surface area contributed by atoms with E-state index in [9.17, 15) is 15.0 Å². The van der Waals surface area contributed by atoms with E-state index in [0.29, 0.717) is 17.8 Å². The fraction of sp³-hybridized carbons (Fsp3) is 0.294. The van der Waals surface area contributed by atoms with Crippen molar-refractivity contribution in [2.75, 3.05) is 6.61 Å². The van der Waals surface area contributed by atoms with Crippen LogP contribution in [-0.2, 0) is 14.2 Å². The van der Waals surface area contributed by atoms with Crippen LogP contribution in [0.5, 0.6) is 11.6 Å². The van der Waals surface area contributed by atoms with E-state index >= 15 is 0 Å². The summed E-state index contributed by atoms with van der Waals surface area (Å²) >= 11 is 0. The first-order valence-electron chi connectivity index (χ1n) is 8.01. The molecule has 0 aliphatic carbocycles. The van der Waals surface area contributed by atoms with Crippen LogP contribution in [0, 0.1) is 6.92 Å². The Labute approximate surface area is 145 Å². The summed E-state index contributed by atoms with van der Waals surface area (Å²) in [5.41, 5.74) is 2.13. The molecule has 0 spiro atoms. The summed E-state index contributed by atoms with van der Waals surface area (Å²) in [5, 5.41) is 19.9. The molecule has 130 valence electrons. The third kappa shape index (κ3) is 3.59. The topological polar surface area (TPSA) is 89.1 Å². The summed E-state index contributed by atoms with van der Waals surface area (Å²) in [5.74, 6) is 0.306. The van der Waals surface area contributed by atoms with Gasteiger partial charge in [-0.25, -0.2) is 0 Å². The zero-order valence-corrected chi connectivity index (χ0v) is 14.0. The summed E-state index contributed by atoms with van der Waals surface area (Å²) in [6.07, 6.45) is 0.926. The summed E-state index contributed by atoms with van der Waals surface area (Å²) in [6.45, 7) is 3.89. The molecule has 1 unspecified atom stereocenters. The third-order valence-electron chi connectivity index (χ3n) is 3.96. The van der Waals surface area contributed by atoms with Gasteiger partial charge in [0.25, 0.3) is 0 Å². The molecule has 0 amide bonds. The number of nitrogens with zero attached hydrogens (tertiary/aromatic N) is 1. The van der Waals surface area contributed by atoms with Crippen LogP contribution in [0.4, 0.5) is 0 Å². The quantitative estimate of drug-likeness (QED) is 0.364. The van der Waals surface area contributed by atoms with Gasteiger partial charge in [0.05, 0.1) is 25.2 Å². The molecule has 0 saturated carbocycles. The number of esters is 1. The van der Waals surface area contributed by atoms with Crippen LogP contribution in [0.3, 0.4) is 0 Å². The van der Waals surface area contributed by atoms with Crippen molar-refractivity contribution in [3.63, 3.8) is 0 Å².